The van der Waals surface area contributed by atoms with E-state index in [9.17, 15) is 53.1 Å². The van der Waals surface area contributed by atoms with Crippen molar-refractivity contribution in [3.05, 3.63) is 198 Å². The number of aliphatic hydroxyl groups excluding tert-OH is 1. The molecule has 10 aliphatic rings. The number of aromatic amines is 1. The van der Waals surface area contributed by atoms with Crippen LogP contribution < -0.4 is 16.0 Å². The van der Waals surface area contributed by atoms with Crippen molar-refractivity contribution in [3.8, 4) is 0 Å². The molecule has 5 N–H and O–H groups in total. The Morgan fingerprint density at radius 3 is 1.47 bits per heavy atom. The minimum absolute atomic E-state index is 0.0107. The molecule has 24 heteroatoms. The van der Waals surface area contributed by atoms with Crippen molar-refractivity contribution in [1.82, 2.24) is 55.1 Å². The Hall–Kier alpha value is -10.1. The maximum Gasteiger partial charge on any atom is 0.248 e. The van der Waals surface area contributed by atoms with Crippen molar-refractivity contribution < 1.29 is 53.1 Å². The van der Waals surface area contributed by atoms with Crippen molar-refractivity contribution >= 4 is 110 Å². The van der Waals surface area contributed by atoms with Gasteiger partial charge in [0.2, 0.25) is 41.4 Å². The Kier molecular flexibility index (Phi) is 24.1. The fraction of sp³-hybridized carbons (Fsp3) is 0.372. The first-order valence-electron chi connectivity index (χ1n) is 35.2. The molecule has 0 saturated heterocycles. The smallest absolute Gasteiger partial charge is 0.248 e. The minimum Gasteiger partial charge on any atom is -0.388 e. The lowest BCUT2D eigenvalue weighted by atomic mass is 9.83. The number of aldehydes is 1. The predicted octanol–water partition coefficient (Wildman–Crippen LogP) is 8.97. The Labute approximate surface area is 606 Å². The van der Waals surface area contributed by atoms with Gasteiger partial charge in [0, 0.05) is 137 Å². The summed E-state index contributed by atoms with van der Waals surface area (Å²) in [4.78, 5) is 141. The molecular formula is C78H85IN12O11. The van der Waals surface area contributed by atoms with Crippen LogP contribution >= 0.6 is 22.6 Å². The maximum absolute atomic E-state index is 12.8. The normalized spacial score (nSPS) is 18.1. The van der Waals surface area contributed by atoms with E-state index in [1.807, 2.05) is 122 Å². The maximum atomic E-state index is 12.8. The van der Waals surface area contributed by atoms with Gasteiger partial charge in [0.05, 0.1) is 60.5 Å². The van der Waals surface area contributed by atoms with Crippen LogP contribution in [0.15, 0.2) is 127 Å². The molecule has 6 aromatic rings. The summed E-state index contributed by atoms with van der Waals surface area (Å²) in [5, 5.41) is 17.9. The third-order valence-electron chi connectivity index (χ3n) is 19.8. The molecule has 10 heterocycles. The topological polar surface area (TPSA) is 299 Å². The summed E-state index contributed by atoms with van der Waals surface area (Å²) in [5.41, 5.74) is 15.5. The van der Waals surface area contributed by atoms with E-state index in [1.165, 1.54) is 71.6 Å². The van der Waals surface area contributed by atoms with Gasteiger partial charge in [-0.2, -0.15) is 0 Å². The van der Waals surface area contributed by atoms with Crippen LogP contribution in [0.25, 0.3) is 22.8 Å². The number of aromatic nitrogens is 4. The van der Waals surface area contributed by atoms with E-state index in [-0.39, 0.29) is 79.1 Å². The van der Waals surface area contributed by atoms with Crippen LogP contribution in [0.1, 0.15) is 192 Å². The van der Waals surface area contributed by atoms with Crippen LogP contribution in [0, 0.1) is 3.57 Å². The Balaban J connectivity index is 0.000000130. The highest BCUT2D eigenvalue weighted by Crippen LogP contribution is 2.40. The summed E-state index contributed by atoms with van der Waals surface area (Å²) in [5.74, 6) is 1.29. The van der Waals surface area contributed by atoms with E-state index >= 15 is 0 Å². The molecule has 16 rings (SSSR count). The molecule has 0 bridgehead atoms. The van der Waals surface area contributed by atoms with Gasteiger partial charge in [-0.25, -0.2) is 9.97 Å². The number of nitrogens with one attached hydrogen (secondary N) is 4. The quantitative estimate of drug-likeness (QED) is 0.0513. The van der Waals surface area contributed by atoms with Crippen molar-refractivity contribution in [3.63, 3.8) is 0 Å². The molecule has 2 saturated carbocycles. The number of imidazole rings is 2. The predicted molar refractivity (Wildman–Crippen MR) is 394 cm³/mol. The number of allylic oxidation sites excluding steroid dienone is 1. The number of H-pyrrole nitrogens is 1. The number of carbonyl (C=O) groups excluding carboxylic acids is 10. The van der Waals surface area contributed by atoms with Gasteiger partial charge in [0.25, 0.3) is 0 Å². The standard InChI is InChI=1S/C23H24N4O2.C16H18N2O3.C16H16N2O3.C13H11IN2O2.C7H10N2.C3H6O/c1-2-21(28)18-8-4-7-17-16(18)9-10-27-20(17)11-22(24-12-23(27)29)26-13-19(25-14-26)15-5-3-6-15;2*1-2-14(19)12-5-3-4-11-10(12)6-7-18-13(11)8-15(20)17-9-16(18)21;14-10-3-1-2-9-8(10)4-5-16-11(9)6-12(17)15-7-13(16)18;1-2-6(3-1)7-4-8-5-9-7;1-2-3-4/h4,7-8,11,13-15H,2-3,5-6,9-10,12H2,1H3;3-5,8,14,19H,2,6-7,9H2,1H3,(H,17,20);3-5,8H,2,6-7,9H2,1H3,(H,17,20);1-3,6H,4-5,7H2,(H,15,17);4-6H,1-3H2,(H,8,9);3H,2H2,1H3. The number of nitrogens with zero attached hydrogens (tertiary/aromatic N) is 8. The van der Waals surface area contributed by atoms with Crippen molar-refractivity contribution in [2.45, 2.75) is 136 Å². The van der Waals surface area contributed by atoms with Gasteiger partial charge in [-0.15, -0.1) is 0 Å². The molecule has 4 aromatic carbocycles. The number of fused-ring (bicyclic) bond motifs is 12. The molecule has 530 valence electrons. The Bertz CT molecular complexity index is 4420. The molecule has 0 spiro atoms. The Morgan fingerprint density at radius 2 is 1.02 bits per heavy atom. The molecule has 8 aliphatic heterocycles. The zero-order valence-electron chi connectivity index (χ0n) is 57.9. The highest BCUT2D eigenvalue weighted by molar-refractivity contribution is 14.1. The molecule has 0 radical (unpaired) electrons. The van der Waals surface area contributed by atoms with Crippen LogP contribution in [0.4, 0.5) is 0 Å². The number of Topliss-reactive ketones (excluding diaryl/α,β-unsaturated/α-hetero) is 2. The van der Waals surface area contributed by atoms with E-state index in [2.05, 4.69) is 58.5 Å². The molecule has 102 heavy (non-hydrogen) atoms. The van der Waals surface area contributed by atoms with Gasteiger partial charge in [-0.1, -0.05) is 107 Å². The number of aliphatic hydroxyl groups is 1. The summed E-state index contributed by atoms with van der Waals surface area (Å²) < 4.78 is 3.11. The summed E-state index contributed by atoms with van der Waals surface area (Å²) >= 11 is 2.30. The van der Waals surface area contributed by atoms with Gasteiger partial charge in [0.15, 0.2) is 11.6 Å². The highest BCUT2D eigenvalue weighted by Gasteiger charge is 2.35. The number of rotatable bonds is 9. The zero-order valence-corrected chi connectivity index (χ0v) is 60.1. The number of amides is 7. The lowest BCUT2D eigenvalue weighted by Crippen LogP contribution is -2.38. The van der Waals surface area contributed by atoms with Crippen molar-refractivity contribution in [1.29, 1.82) is 0 Å². The zero-order chi connectivity index (χ0) is 72.1. The van der Waals surface area contributed by atoms with Gasteiger partial charge in [-0.05, 0) is 114 Å². The number of benzene rings is 4. The molecular weight excluding hydrogens is 1410 g/mol. The van der Waals surface area contributed by atoms with E-state index in [0.29, 0.717) is 99.8 Å². The first-order valence-corrected chi connectivity index (χ1v) is 36.3. The van der Waals surface area contributed by atoms with Crippen LogP contribution in [0.5, 0.6) is 0 Å². The molecule has 2 fully saturated rings. The Morgan fingerprint density at radius 1 is 0.578 bits per heavy atom. The van der Waals surface area contributed by atoms with E-state index in [1.54, 1.807) is 33.4 Å². The molecule has 2 aliphatic carbocycles. The first kappa shape index (κ1) is 73.1. The summed E-state index contributed by atoms with van der Waals surface area (Å²) in [6.45, 7) is 9.97. The second-order valence-electron chi connectivity index (χ2n) is 26.0. The number of carbonyl (C=O) groups is 10. The fourth-order valence-corrected chi connectivity index (χ4v) is 14.6. The van der Waals surface area contributed by atoms with Crippen LogP contribution in [-0.4, -0.2) is 162 Å². The van der Waals surface area contributed by atoms with Crippen molar-refractivity contribution in [2.75, 3.05) is 52.4 Å². The van der Waals surface area contributed by atoms with Gasteiger partial charge in [-0.3, -0.25) is 52.7 Å². The minimum atomic E-state index is -0.512. The lowest BCUT2D eigenvalue weighted by molar-refractivity contribution is -0.128. The second kappa shape index (κ2) is 33.6. The van der Waals surface area contributed by atoms with Crippen molar-refractivity contribution in [2.24, 2.45) is 4.99 Å². The largest absolute Gasteiger partial charge is 0.388 e. The average Bonchev–Trinajstić information content (AvgIpc) is 1.32. The third kappa shape index (κ3) is 16.3. The van der Waals surface area contributed by atoms with Crippen LogP contribution in [0.3, 0.4) is 0 Å². The molecule has 1 unspecified atom stereocenters. The fourth-order valence-electron chi connectivity index (χ4n) is 13.9. The van der Waals surface area contributed by atoms with E-state index in [0.717, 1.165) is 85.8 Å². The van der Waals surface area contributed by atoms with Crippen LogP contribution in [0.2, 0.25) is 0 Å². The van der Waals surface area contributed by atoms with E-state index < -0.39 is 6.10 Å². The molecule has 1 atom stereocenters. The monoisotopic (exact) mass is 1490 g/mol. The first-order chi connectivity index (χ1) is 49.4. The number of ketones is 2. The number of hydrogen-bond donors (Lipinski definition) is 5. The number of aliphatic imine (C=N–C) groups is 1. The second-order valence-corrected chi connectivity index (χ2v) is 27.1. The number of hydrogen-bond acceptors (Lipinski definition) is 14. The van der Waals surface area contributed by atoms with Gasteiger partial charge in [0.1, 0.15) is 25.0 Å². The highest BCUT2D eigenvalue weighted by atomic mass is 127. The van der Waals surface area contributed by atoms with Gasteiger partial charge < -0.3 is 50.4 Å². The third-order valence-corrected chi connectivity index (χ3v) is 20.8. The SMILES string of the molecule is CCC(=O)c1cccc2c1CCN1C(=O)CN=C(n3cnc(C4CCC4)c3)C=C21.CCC(=O)c1cccc2c1CCN1C(=O)CNC(=O)C=C21.CCC(O)c1cccc2c1CCN1C(=O)CNC(=O)C=C21.CCC=O.O=C1C=C2c3cccc(I)c3CCN2C(=O)CN1.c1ncc(C2CCC2)[nH]1. The summed E-state index contributed by atoms with van der Waals surface area (Å²) in [6, 6.07) is 23.0. The van der Waals surface area contributed by atoms with Crippen LogP contribution in [-0.2, 0) is 64.0 Å². The molecule has 7 amide bonds. The summed E-state index contributed by atoms with van der Waals surface area (Å²) in [7, 11) is 0. The van der Waals surface area contributed by atoms with Gasteiger partial charge >= 0.3 is 0 Å². The average molecular weight is 1490 g/mol. The lowest BCUT2D eigenvalue weighted by Gasteiger charge is -2.32. The summed E-state index contributed by atoms with van der Waals surface area (Å²) in [6.07, 6.45) is 27.1. The molecule has 2 aromatic heterocycles. The number of halogens is 1. The van der Waals surface area contributed by atoms with E-state index in [4.69, 9.17) is 0 Å². The molecule has 23 nitrogen and oxygen atoms in total.